The van der Waals surface area contributed by atoms with Crippen LogP contribution < -0.4 is 5.32 Å². The van der Waals surface area contributed by atoms with Gasteiger partial charge in [-0.15, -0.1) is 0 Å². The molecular formula is C10H21NO2. The fraction of sp³-hybridized carbons (Fsp3) is 1.00. The molecule has 1 aliphatic rings. The van der Waals surface area contributed by atoms with Crippen molar-refractivity contribution in [1.29, 1.82) is 0 Å². The van der Waals surface area contributed by atoms with E-state index in [-0.39, 0.29) is 12.1 Å². The van der Waals surface area contributed by atoms with E-state index in [1.807, 2.05) is 0 Å². The summed E-state index contributed by atoms with van der Waals surface area (Å²) < 4.78 is 5.20. The first-order chi connectivity index (χ1) is 6.12. The lowest BCUT2D eigenvalue weighted by molar-refractivity contribution is -0.0533. The normalized spacial score (nSPS) is 33.5. The van der Waals surface area contributed by atoms with E-state index < -0.39 is 0 Å². The average Bonchev–Trinajstić information content (AvgIpc) is 2.03. The summed E-state index contributed by atoms with van der Waals surface area (Å²) in [6.07, 6.45) is 2.21. The molecule has 1 aliphatic carbocycles. The number of aliphatic hydroxyl groups excluding tert-OH is 1. The molecule has 0 aromatic rings. The van der Waals surface area contributed by atoms with E-state index in [0.29, 0.717) is 12.0 Å². The smallest absolute Gasteiger partial charge is 0.0615 e. The predicted octanol–water partition coefficient (Wildman–Crippen LogP) is 0.772. The molecule has 78 valence electrons. The molecule has 0 unspecified atom stereocenters. The molecule has 3 nitrogen and oxygen atoms in total. The molecule has 1 fully saturated rings. The van der Waals surface area contributed by atoms with Crippen LogP contribution >= 0.6 is 0 Å². The number of ether oxygens (including phenoxy) is 1. The van der Waals surface area contributed by atoms with Crippen LogP contribution in [0.3, 0.4) is 0 Å². The molecule has 0 aliphatic heterocycles. The first-order valence-electron chi connectivity index (χ1n) is 5.00. The zero-order valence-corrected chi connectivity index (χ0v) is 8.84. The summed E-state index contributed by atoms with van der Waals surface area (Å²) in [7, 11) is 1.73. The van der Waals surface area contributed by atoms with E-state index in [4.69, 9.17) is 4.74 Å². The number of hydrogen-bond donors (Lipinski definition) is 2. The zero-order chi connectivity index (χ0) is 9.90. The summed E-state index contributed by atoms with van der Waals surface area (Å²) in [6, 6.07) is 0. The van der Waals surface area contributed by atoms with Crippen LogP contribution in [-0.4, -0.2) is 37.0 Å². The summed E-state index contributed by atoms with van der Waals surface area (Å²) in [5.74, 6) is 0.630. The lowest BCUT2D eigenvalue weighted by Gasteiger charge is -2.46. The second-order valence-corrected chi connectivity index (χ2v) is 4.48. The highest BCUT2D eigenvalue weighted by Crippen LogP contribution is 2.33. The van der Waals surface area contributed by atoms with E-state index in [9.17, 15) is 5.11 Å². The highest BCUT2D eigenvalue weighted by atomic mass is 16.5. The highest BCUT2D eigenvalue weighted by Gasteiger charge is 2.43. The fourth-order valence-corrected chi connectivity index (χ4v) is 1.73. The predicted molar refractivity (Wildman–Crippen MR) is 52.7 cm³/mol. The van der Waals surface area contributed by atoms with Gasteiger partial charge in [0.25, 0.3) is 0 Å². The number of rotatable bonds is 5. The number of nitrogens with one attached hydrogen (secondary N) is 1. The lowest BCUT2D eigenvalue weighted by atomic mass is 9.74. The van der Waals surface area contributed by atoms with Gasteiger partial charge in [0.2, 0.25) is 0 Å². The first-order valence-corrected chi connectivity index (χ1v) is 5.00. The molecule has 0 amide bonds. The summed E-state index contributed by atoms with van der Waals surface area (Å²) in [6.45, 7) is 5.53. The monoisotopic (exact) mass is 187 g/mol. The van der Waals surface area contributed by atoms with E-state index >= 15 is 0 Å². The largest absolute Gasteiger partial charge is 0.394 e. The summed E-state index contributed by atoms with van der Waals surface area (Å²) in [5.41, 5.74) is -0.0506. The maximum Gasteiger partial charge on any atom is 0.0615 e. The minimum atomic E-state index is -0.0506. The molecule has 0 aromatic heterocycles. The Morgan fingerprint density at radius 3 is 2.54 bits per heavy atom. The topological polar surface area (TPSA) is 41.5 Å². The van der Waals surface area contributed by atoms with Crippen LogP contribution in [0.15, 0.2) is 0 Å². The van der Waals surface area contributed by atoms with Crippen molar-refractivity contribution < 1.29 is 9.84 Å². The molecular weight excluding hydrogens is 166 g/mol. The minimum absolute atomic E-state index is 0.0506. The first kappa shape index (κ1) is 11.0. The van der Waals surface area contributed by atoms with Crippen LogP contribution in [0.4, 0.5) is 0 Å². The highest BCUT2D eigenvalue weighted by molar-refractivity contribution is 5.01. The Labute approximate surface area is 80.5 Å². The third-order valence-corrected chi connectivity index (χ3v) is 2.76. The Morgan fingerprint density at radius 1 is 1.54 bits per heavy atom. The molecule has 1 saturated carbocycles. The third kappa shape index (κ3) is 2.66. The van der Waals surface area contributed by atoms with E-state index in [1.165, 1.54) is 0 Å². The fourth-order valence-electron chi connectivity index (χ4n) is 1.73. The molecule has 3 heteroatoms. The molecule has 0 heterocycles. The van der Waals surface area contributed by atoms with E-state index in [2.05, 4.69) is 19.2 Å². The van der Waals surface area contributed by atoms with Crippen LogP contribution in [0.1, 0.15) is 26.7 Å². The average molecular weight is 187 g/mol. The number of methoxy groups -OCH3 is 1. The maximum atomic E-state index is 9.24. The number of aliphatic hydroxyl groups is 1. The van der Waals surface area contributed by atoms with Gasteiger partial charge in [0, 0.05) is 12.6 Å². The molecule has 2 N–H and O–H groups in total. The Hall–Kier alpha value is -0.120. The van der Waals surface area contributed by atoms with Crippen molar-refractivity contribution in [2.45, 2.75) is 38.3 Å². The van der Waals surface area contributed by atoms with Gasteiger partial charge in [0.1, 0.15) is 0 Å². The van der Waals surface area contributed by atoms with Crippen LogP contribution in [0.2, 0.25) is 0 Å². The van der Waals surface area contributed by atoms with Crippen molar-refractivity contribution in [3.05, 3.63) is 0 Å². The SMILES string of the molecule is COC1CC(CO)(NCC(C)C)C1. The second kappa shape index (κ2) is 4.40. The Bertz CT molecular complexity index is 153. The van der Waals surface area contributed by atoms with Gasteiger partial charge in [-0.2, -0.15) is 0 Å². The molecule has 0 spiro atoms. The Morgan fingerprint density at radius 2 is 2.15 bits per heavy atom. The second-order valence-electron chi connectivity index (χ2n) is 4.48. The molecule has 0 radical (unpaired) electrons. The molecule has 0 aromatic carbocycles. The van der Waals surface area contributed by atoms with Crippen LogP contribution in [-0.2, 0) is 4.74 Å². The van der Waals surface area contributed by atoms with Crippen LogP contribution in [0.5, 0.6) is 0 Å². The van der Waals surface area contributed by atoms with Crippen molar-refractivity contribution in [2.75, 3.05) is 20.3 Å². The number of hydrogen-bond acceptors (Lipinski definition) is 3. The summed E-state index contributed by atoms with van der Waals surface area (Å²) in [5, 5.41) is 12.7. The molecule has 0 atom stereocenters. The van der Waals surface area contributed by atoms with Gasteiger partial charge in [0.15, 0.2) is 0 Å². The van der Waals surface area contributed by atoms with Gasteiger partial charge in [-0.1, -0.05) is 13.8 Å². The van der Waals surface area contributed by atoms with E-state index in [1.54, 1.807) is 7.11 Å². The molecule has 13 heavy (non-hydrogen) atoms. The molecule has 0 bridgehead atoms. The van der Waals surface area contributed by atoms with Gasteiger partial charge >= 0.3 is 0 Å². The zero-order valence-electron chi connectivity index (χ0n) is 8.84. The standard InChI is InChI=1S/C10H21NO2/c1-8(2)6-11-10(7-12)4-9(5-10)13-3/h8-9,11-12H,4-7H2,1-3H3. The van der Waals surface area contributed by atoms with Crippen molar-refractivity contribution in [3.63, 3.8) is 0 Å². The van der Waals surface area contributed by atoms with Gasteiger partial charge in [-0.3, -0.25) is 0 Å². The van der Waals surface area contributed by atoms with Crippen molar-refractivity contribution in [3.8, 4) is 0 Å². The van der Waals surface area contributed by atoms with Gasteiger partial charge in [-0.25, -0.2) is 0 Å². The molecule has 0 saturated heterocycles. The Kier molecular flexibility index (Phi) is 3.71. The van der Waals surface area contributed by atoms with Gasteiger partial charge in [-0.05, 0) is 25.3 Å². The molecule has 1 rings (SSSR count). The van der Waals surface area contributed by atoms with Crippen molar-refractivity contribution in [1.82, 2.24) is 5.32 Å². The van der Waals surface area contributed by atoms with Crippen LogP contribution in [0, 0.1) is 5.92 Å². The van der Waals surface area contributed by atoms with Crippen molar-refractivity contribution in [2.24, 2.45) is 5.92 Å². The summed E-state index contributed by atoms with van der Waals surface area (Å²) in [4.78, 5) is 0. The lowest BCUT2D eigenvalue weighted by Crippen LogP contribution is -2.61. The Balaban J connectivity index is 2.28. The maximum absolute atomic E-state index is 9.24. The van der Waals surface area contributed by atoms with Crippen LogP contribution in [0.25, 0.3) is 0 Å². The quantitative estimate of drug-likeness (QED) is 0.668. The van der Waals surface area contributed by atoms with E-state index in [0.717, 1.165) is 19.4 Å². The third-order valence-electron chi connectivity index (χ3n) is 2.76. The van der Waals surface area contributed by atoms with Gasteiger partial charge in [0.05, 0.1) is 12.7 Å². The van der Waals surface area contributed by atoms with Gasteiger partial charge < -0.3 is 15.2 Å². The minimum Gasteiger partial charge on any atom is -0.394 e. The van der Waals surface area contributed by atoms with Crippen molar-refractivity contribution >= 4 is 0 Å². The summed E-state index contributed by atoms with van der Waals surface area (Å²) >= 11 is 0.